The number of amides is 1. The zero-order valence-electron chi connectivity index (χ0n) is 10.8. The summed E-state index contributed by atoms with van der Waals surface area (Å²) in [7, 11) is 0. The van der Waals surface area contributed by atoms with Crippen LogP contribution in [-0.4, -0.2) is 11.7 Å². The van der Waals surface area contributed by atoms with Crippen LogP contribution in [0.1, 0.15) is 5.56 Å². The first-order chi connectivity index (χ1) is 9.54. The number of rotatable bonds is 4. The molecule has 2 nitrogen and oxygen atoms in total. The van der Waals surface area contributed by atoms with Gasteiger partial charge in [-0.2, -0.15) is 0 Å². The van der Waals surface area contributed by atoms with Crippen LogP contribution in [-0.2, 0) is 4.79 Å². The summed E-state index contributed by atoms with van der Waals surface area (Å²) < 4.78 is 12.9. The Hall–Kier alpha value is -1.52. The number of carbonyl (C=O) groups excluding carboxylic acids is 1. The second kappa shape index (κ2) is 6.77. The highest BCUT2D eigenvalue weighted by Gasteiger charge is 2.07. The van der Waals surface area contributed by atoms with E-state index in [4.69, 9.17) is 11.6 Å². The van der Waals surface area contributed by atoms with E-state index < -0.39 is 5.82 Å². The van der Waals surface area contributed by atoms with Crippen molar-refractivity contribution in [3.8, 4) is 0 Å². The fourth-order valence-electron chi connectivity index (χ4n) is 1.63. The fourth-order valence-corrected chi connectivity index (χ4v) is 2.66. The van der Waals surface area contributed by atoms with Gasteiger partial charge in [0.1, 0.15) is 5.82 Å². The first-order valence-corrected chi connectivity index (χ1v) is 7.35. The summed E-state index contributed by atoms with van der Waals surface area (Å²) >= 11 is 7.29. The molecule has 2 aromatic rings. The molecule has 20 heavy (non-hydrogen) atoms. The summed E-state index contributed by atoms with van der Waals surface area (Å²) in [6.07, 6.45) is 0. The van der Waals surface area contributed by atoms with Gasteiger partial charge in [0.2, 0.25) is 5.91 Å². The standard InChI is InChI=1S/C15H13ClFNOS/c1-10-3-2-4-12(7-10)20-9-15(19)18-14-6-5-11(17)8-13(14)16/h2-8H,9H2,1H3,(H,18,19). The molecule has 0 unspecified atom stereocenters. The highest BCUT2D eigenvalue weighted by molar-refractivity contribution is 8.00. The van der Waals surface area contributed by atoms with E-state index >= 15 is 0 Å². The number of aryl methyl sites for hydroxylation is 1. The number of halogens is 2. The highest BCUT2D eigenvalue weighted by Crippen LogP contribution is 2.23. The molecule has 2 aromatic carbocycles. The Bertz CT molecular complexity index is 633. The van der Waals surface area contributed by atoms with Crippen LogP contribution >= 0.6 is 23.4 Å². The lowest BCUT2D eigenvalue weighted by Crippen LogP contribution is -2.14. The molecule has 0 bridgehead atoms. The van der Waals surface area contributed by atoms with E-state index in [9.17, 15) is 9.18 Å². The first-order valence-electron chi connectivity index (χ1n) is 5.99. The maximum atomic E-state index is 12.9. The Labute approximate surface area is 126 Å². The molecule has 0 atom stereocenters. The zero-order valence-corrected chi connectivity index (χ0v) is 12.4. The molecule has 0 aliphatic rings. The zero-order chi connectivity index (χ0) is 14.5. The molecule has 0 saturated heterocycles. The summed E-state index contributed by atoms with van der Waals surface area (Å²) in [6.45, 7) is 2.00. The number of hydrogen-bond acceptors (Lipinski definition) is 2. The summed E-state index contributed by atoms with van der Waals surface area (Å²) in [4.78, 5) is 12.9. The summed E-state index contributed by atoms with van der Waals surface area (Å²) in [5, 5.41) is 2.86. The van der Waals surface area contributed by atoms with Crippen LogP contribution in [0.3, 0.4) is 0 Å². The van der Waals surface area contributed by atoms with E-state index in [1.807, 2.05) is 31.2 Å². The van der Waals surface area contributed by atoms with Gasteiger partial charge in [-0.15, -0.1) is 11.8 Å². The SMILES string of the molecule is Cc1cccc(SCC(=O)Nc2ccc(F)cc2Cl)c1. The van der Waals surface area contributed by atoms with Crippen molar-refractivity contribution >= 4 is 35.0 Å². The number of nitrogens with one attached hydrogen (secondary N) is 1. The van der Waals surface area contributed by atoms with E-state index in [1.165, 1.54) is 30.0 Å². The molecule has 0 aliphatic heterocycles. The molecular weight excluding hydrogens is 297 g/mol. The lowest BCUT2D eigenvalue weighted by Gasteiger charge is -2.07. The van der Waals surface area contributed by atoms with Gasteiger partial charge in [0.05, 0.1) is 16.5 Å². The van der Waals surface area contributed by atoms with Crippen LogP contribution in [0.15, 0.2) is 47.4 Å². The lowest BCUT2D eigenvalue weighted by molar-refractivity contribution is -0.113. The third kappa shape index (κ3) is 4.25. The van der Waals surface area contributed by atoms with Crippen molar-refractivity contribution in [2.75, 3.05) is 11.1 Å². The van der Waals surface area contributed by atoms with E-state index in [0.717, 1.165) is 10.5 Å². The van der Waals surface area contributed by atoms with Crippen molar-refractivity contribution in [3.05, 3.63) is 58.9 Å². The molecule has 1 amide bonds. The van der Waals surface area contributed by atoms with E-state index in [1.54, 1.807) is 0 Å². The molecule has 0 fully saturated rings. The summed E-state index contributed by atoms with van der Waals surface area (Å²) in [5.74, 6) is -0.330. The quantitative estimate of drug-likeness (QED) is 0.841. The number of thioether (sulfide) groups is 1. The summed E-state index contributed by atoms with van der Waals surface area (Å²) in [5.41, 5.74) is 1.57. The number of benzene rings is 2. The van der Waals surface area contributed by atoms with Crippen molar-refractivity contribution in [3.63, 3.8) is 0 Å². The van der Waals surface area contributed by atoms with Crippen LogP contribution < -0.4 is 5.32 Å². The Morgan fingerprint density at radius 2 is 2.10 bits per heavy atom. The van der Waals surface area contributed by atoms with Crippen LogP contribution in [0.2, 0.25) is 5.02 Å². The molecule has 1 N–H and O–H groups in total. The molecule has 5 heteroatoms. The second-order valence-electron chi connectivity index (χ2n) is 4.28. The number of anilines is 1. The largest absolute Gasteiger partial charge is 0.324 e. The van der Waals surface area contributed by atoms with Crippen molar-refractivity contribution in [2.24, 2.45) is 0 Å². The average Bonchev–Trinajstić information content (AvgIpc) is 2.40. The average molecular weight is 310 g/mol. The third-order valence-corrected chi connectivity index (χ3v) is 3.87. The molecule has 0 aromatic heterocycles. The minimum absolute atomic E-state index is 0.176. The van der Waals surface area contributed by atoms with Gasteiger partial charge in [-0.1, -0.05) is 29.3 Å². The highest BCUT2D eigenvalue weighted by atomic mass is 35.5. The Kier molecular flexibility index (Phi) is 5.04. The molecule has 0 aliphatic carbocycles. The van der Waals surface area contributed by atoms with E-state index in [0.29, 0.717) is 5.69 Å². The van der Waals surface area contributed by atoms with Crippen LogP contribution in [0.25, 0.3) is 0 Å². The van der Waals surface area contributed by atoms with Crippen molar-refractivity contribution in [1.29, 1.82) is 0 Å². The van der Waals surface area contributed by atoms with Gasteiger partial charge in [0, 0.05) is 4.90 Å². The van der Waals surface area contributed by atoms with Gasteiger partial charge in [-0.25, -0.2) is 4.39 Å². The number of carbonyl (C=O) groups is 1. The minimum atomic E-state index is -0.429. The Balaban J connectivity index is 1.92. The maximum absolute atomic E-state index is 12.9. The van der Waals surface area contributed by atoms with Gasteiger partial charge < -0.3 is 5.32 Å². The Morgan fingerprint density at radius 1 is 1.30 bits per heavy atom. The van der Waals surface area contributed by atoms with Crippen molar-refractivity contribution < 1.29 is 9.18 Å². The normalized spacial score (nSPS) is 10.3. The third-order valence-electron chi connectivity index (χ3n) is 2.56. The van der Waals surface area contributed by atoms with E-state index in [2.05, 4.69) is 5.32 Å². The first kappa shape index (κ1) is 14.9. The fraction of sp³-hybridized carbons (Fsp3) is 0.133. The van der Waals surface area contributed by atoms with Gasteiger partial charge in [-0.3, -0.25) is 4.79 Å². The molecule has 2 rings (SSSR count). The minimum Gasteiger partial charge on any atom is -0.324 e. The molecule has 0 heterocycles. The molecule has 0 radical (unpaired) electrons. The van der Waals surface area contributed by atoms with Crippen LogP contribution in [0.5, 0.6) is 0 Å². The topological polar surface area (TPSA) is 29.1 Å². The van der Waals surface area contributed by atoms with E-state index in [-0.39, 0.29) is 16.7 Å². The molecule has 0 saturated carbocycles. The van der Waals surface area contributed by atoms with Gasteiger partial charge in [0.15, 0.2) is 0 Å². The maximum Gasteiger partial charge on any atom is 0.234 e. The predicted molar refractivity (Wildman–Crippen MR) is 81.9 cm³/mol. The monoisotopic (exact) mass is 309 g/mol. The van der Waals surface area contributed by atoms with Crippen LogP contribution in [0, 0.1) is 12.7 Å². The molecule has 104 valence electrons. The Morgan fingerprint density at radius 3 is 2.80 bits per heavy atom. The molecular formula is C15H13ClFNOS. The number of hydrogen-bond donors (Lipinski definition) is 1. The van der Waals surface area contributed by atoms with Crippen molar-refractivity contribution in [2.45, 2.75) is 11.8 Å². The van der Waals surface area contributed by atoms with Crippen LogP contribution in [0.4, 0.5) is 10.1 Å². The van der Waals surface area contributed by atoms with Gasteiger partial charge in [-0.05, 0) is 37.3 Å². The molecule has 0 spiro atoms. The van der Waals surface area contributed by atoms with Gasteiger partial charge >= 0.3 is 0 Å². The predicted octanol–water partition coefficient (Wildman–Crippen LogP) is 4.52. The van der Waals surface area contributed by atoms with Gasteiger partial charge in [0.25, 0.3) is 0 Å². The van der Waals surface area contributed by atoms with Crippen molar-refractivity contribution in [1.82, 2.24) is 0 Å². The second-order valence-corrected chi connectivity index (χ2v) is 5.73. The smallest absolute Gasteiger partial charge is 0.234 e. The lowest BCUT2D eigenvalue weighted by atomic mass is 10.2. The summed E-state index contributed by atoms with van der Waals surface area (Å²) in [6, 6.07) is 11.8.